The molecular weight excluding hydrogens is 268 g/mol. The van der Waals surface area contributed by atoms with Crippen molar-refractivity contribution in [2.75, 3.05) is 0 Å². The molecule has 1 aromatic rings. The number of carbonyl (C=O) groups excluding carboxylic acids is 1. The molecule has 0 radical (unpaired) electrons. The summed E-state index contributed by atoms with van der Waals surface area (Å²) in [5.74, 6) is 0.0655. The van der Waals surface area contributed by atoms with Crippen LogP contribution in [0.25, 0.3) is 0 Å². The molecule has 21 heavy (non-hydrogen) atoms. The van der Waals surface area contributed by atoms with Gasteiger partial charge >= 0.3 is 5.97 Å². The fourth-order valence-corrected chi connectivity index (χ4v) is 3.15. The van der Waals surface area contributed by atoms with Crippen molar-refractivity contribution in [1.29, 1.82) is 0 Å². The summed E-state index contributed by atoms with van der Waals surface area (Å²) in [7, 11) is 0. The Morgan fingerprint density at radius 3 is 2.67 bits per heavy atom. The Morgan fingerprint density at radius 2 is 2.00 bits per heavy atom. The van der Waals surface area contributed by atoms with Crippen LogP contribution < -0.4 is 0 Å². The maximum absolute atomic E-state index is 12.3. The van der Waals surface area contributed by atoms with E-state index in [1.807, 2.05) is 0 Å². The number of rotatable bonds is 3. The molecule has 116 valence electrons. The Balaban J connectivity index is 2.14. The summed E-state index contributed by atoms with van der Waals surface area (Å²) >= 11 is 0. The number of esters is 1. The highest BCUT2D eigenvalue weighted by Gasteiger charge is 2.34. The lowest BCUT2D eigenvalue weighted by atomic mass is 9.75. The van der Waals surface area contributed by atoms with E-state index in [4.69, 9.17) is 4.74 Å². The SMILES string of the molecule is CC1CCC(C(C)C)C(OC(=O)c2cccc(O)c2O)C1. The third kappa shape index (κ3) is 3.49. The maximum atomic E-state index is 12.3. The van der Waals surface area contributed by atoms with Crippen molar-refractivity contribution >= 4 is 5.97 Å². The van der Waals surface area contributed by atoms with E-state index in [9.17, 15) is 15.0 Å². The highest BCUT2D eigenvalue weighted by Crippen LogP contribution is 2.36. The van der Waals surface area contributed by atoms with Gasteiger partial charge in [0.2, 0.25) is 0 Å². The van der Waals surface area contributed by atoms with Gasteiger partial charge in [0.1, 0.15) is 11.7 Å². The Hall–Kier alpha value is -1.71. The Labute approximate surface area is 125 Å². The van der Waals surface area contributed by atoms with Crippen LogP contribution in [0.3, 0.4) is 0 Å². The summed E-state index contributed by atoms with van der Waals surface area (Å²) in [5, 5.41) is 19.3. The van der Waals surface area contributed by atoms with E-state index < -0.39 is 11.7 Å². The number of hydrogen-bond acceptors (Lipinski definition) is 4. The van der Waals surface area contributed by atoms with E-state index in [1.54, 1.807) is 0 Å². The van der Waals surface area contributed by atoms with Crippen molar-refractivity contribution in [2.24, 2.45) is 17.8 Å². The molecule has 3 atom stereocenters. The number of para-hydroxylation sites is 1. The summed E-state index contributed by atoms with van der Waals surface area (Å²) in [6.45, 7) is 6.46. The van der Waals surface area contributed by atoms with Crippen LogP contribution in [0, 0.1) is 17.8 Å². The van der Waals surface area contributed by atoms with Crippen LogP contribution in [0.5, 0.6) is 11.5 Å². The van der Waals surface area contributed by atoms with Gasteiger partial charge in [-0.05, 0) is 42.7 Å². The zero-order valence-corrected chi connectivity index (χ0v) is 12.9. The number of hydrogen-bond donors (Lipinski definition) is 2. The molecule has 4 nitrogen and oxygen atoms in total. The predicted molar refractivity (Wildman–Crippen MR) is 80.3 cm³/mol. The molecule has 1 fully saturated rings. The highest BCUT2D eigenvalue weighted by atomic mass is 16.5. The van der Waals surface area contributed by atoms with Gasteiger partial charge in [-0.15, -0.1) is 0 Å². The van der Waals surface area contributed by atoms with Crippen molar-refractivity contribution < 1.29 is 19.7 Å². The van der Waals surface area contributed by atoms with E-state index in [2.05, 4.69) is 20.8 Å². The van der Waals surface area contributed by atoms with Gasteiger partial charge in [0.15, 0.2) is 11.5 Å². The van der Waals surface area contributed by atoms with Crippen molar-refractivity contribution in [3.8, 4) is 11.5 Å². The largest absolute Gasteiger partial charge is 0.504 e. The standard InChI is InChI=1S/C17H24O4/c1-10(2)12-8-7-11(3)9-15(12)21-17(20)13-5-4-6-14(18)16(13)19/h4-6,10-12,15,18-19H,7-9H2,1-3H3. The number of carbonyl (C=O) groups is 1. The lowest BCUT2D eigenvalue weighted by molar-refractivity contribution is -0.0176. The number of ether oxygens (including phenoxy) is 1. The minimum Gasteiger partial charge on any atom is -0.504 e. The van der Waals surface area contributed by atoms with Crippen LogP contribution in [-0.2, 0) is 4.74 Å². The molecule has 0 saturated heterocycles. The highest BCUT2D eigenvalue weighted by molar-refractivity contribution is 5.93. The van der Waals surface area contributed by atoms with Crippen molar-refractivity contribution in [2.45, 2.75) is 46.1 Å². The molecule has 0 heterocycles. The van der Waals surface area contributed by atoms with E-state index in [0.717, 1.165) is 19.3 Å². The first-order chi connectivity index (χ1) is 9.90. The first-order valence-corrected chi connectivity index (χ1v) is 7.62. The van der Waals surface area contributed by atoms with Crippen LogP contribution in [0.15, 0.2) is 18.2 Å². The second kappa shape index (κ2) is 6.37. The van der Waals surface area contributed by atoms with Gasteiger partial charge in [-0.1, -0.05) is 33.3 Å². The molecular formula is C17H24O4. The van der Waals surface area contributed by atoms with Gasteiger partial charge < -0.3 is 14.9 Å². The molecule has 2 N–H and O–H groups in total. The molecule has 2 rings (SSSR count). The maximum Gasteiger partial charge on any atom is 0.342 e. The number of benzene rings is 1. The lowest BCUT2D eigenvalue weighted by Gasteiger charge is -2.36. The zero-order chi connectivity index (χ0) is 15.6. The van der Waals surface area contributed by atoms with Crippen LogP contribution in [0.2, 0.25) is 0 Å². The molecule has 0 aromatic heterocycles. The van der Waals surface area contributed by atoms with E-state index in [0.29, 0.717) is 17.8 Å². The summed E-state index contributed by atoms with van der Waals surface area (Å²) in [5.41, 5.74) is 0.0238. The van der Waals surface area contributed by atoms with Gasteiger partial charge in [0.05, 0.1) is 0 Å². The van der Waals surface area contributed by atoms with Crippen LogP contribution in [0.4, 0.5) is 0 Å². The third-order valence-electron chi connectivity index (χ3n) is 4.45. The summed E-state index contributed by atoms with van der Waals surface area (Å²) in [6, 6.07) is 4.33. The van der Waals surface area contributed by atoms with Crippen LogP contribution >= 0.6 is 0 Å². The van der Waals surface area contributed by atoms with Gasteiger partial charge in [0.25, 0.3) is 0 Å². The quantitative estimate of drug-likeness (QED) is 0.658. The average molecular weight is 292 g/mol. The summed E-state index contributed by atoms with van der Waals surface area (Å²) < 4.78 is 5.65. The molecule has 0 bridgehead atoms. The van der Waals surface area contributed by atoms with Gasteiger partial charge in [-0.2, -0.15) is 0 Å². The molecule has 0 spiro atoms. The van der Waals surface area contributed by atoms with E-state index in [-0.39, 0.29) is 17.4 Å². The minimum atomic E-state index is -0.562. The van der Waals surface area contributed by atoms with Crippen LogP contribution in [-0.4, -0.2) is 22.3 Å². The predicted octanol–water partition coefficient (Wildman–Crippen LogP) is 3.72. The number of phenolic OH excluding ortho intramolecular Hbond substituents is 2. The van der Waals surface area contributed by atoms with Crippen molar-refractivity contribution in [3.05, 3.63) is 23.8 Å². The minimum absolute atomic E-state index is 0.0238. The normalized spacial score (nSPS) is 25.8. The molecule has 3 unspecified atom stereocenters. The second-order valence-corrected chi connectivity index (χ2v) is 6.44. The topological polar surface area (TPSA) is 66.8 Å². The van der Waals surface area contributed by atoms with E-state index in [1.165, 1.54) is 18.2 Å². The molecule has 4 heteroatoms. The first-order valence-electron chi connectivity index (χ1n) is 7.62. The monoisotopic (exact) mass is 292 g/mol. The molecule has 1 aliphatic rings. The Morgan fingerprint density at radius 1 is 1.29 bits per heavy atom. The van der Waals surface area contributed by atoms with Crippen LogP contribution in [0.1, 0.15) is 50.4 Å². The molecule has 1 saturated carbocycles. The number of phenols is 2. The summed E-state index contributed by atoms with van der Waals surface area (Å²) in [4.78, 5) is 12.3. The second-order valence-electron chi connectivity index (χ2n) is 6.44. The van der Waals surface area contributed by atoms with Crippen molar-refractivity contribution in [1.82, 2.24) is 0 Å². The fraction of sp³-hybridized carbons (Fsp3) is 0.588. The average Bonchev–Trinajstić information content (AvgIpc) is 2.41. The number of aromatic hydroxyl groups is 2. The zero-order valence-electron chi connectivity index (χ0n) is 12.9. The molecule has 0 amide bonds. The first kappa shape index (κ1) is 15.7. The fourth-order valence-electron chi connectivity index (χ4n) is 3.15. The molecule has 0 aliphatic heterocycles. The summed E-state index contributed by atoms with van der Waals surface area (Å²) in [6.07, 6.45) is 2.95. The van der Waals surface area contributed by atoms with Gasteiger partial charge in [-0.3, -0.25) is 0 Å². The third-order valence-corrected chi connectivity index (χ3v) is 4.45. The van der Waals surface area contributed by atoms with Crippen molar-refractivity contribution in [3.63, 3.8) is 0 Å². The molecule has 1 aromatic carbocycles. The van der Waals surface area contributed by atoms with Gasteiger partial charge in [-0.25, -0.2) is 4.79 Å². The molecule has 1 aliphatic carbocycles. The Bertz CT molecular complexity index is 510. The lowest BCUT2D eigenvalue weighted by Crippen LogP contribution is -2.35. The van der Waals surface area contributed by atoms with Gasteiger partial charge in [0, 0.05) is 0 Å². The van der Waals surface area contributed by atoms with E-state index >= 15 is 0 Å². The smallest absolute Gasteiger partial charge is 0.342 e. The Kier molecular flexibility index (Phi) is 4.76.